The Morgan fingerprint density at radius 1 is 1.54 bits per heavy atom. The first-order valence-electron chi connectivity index (χ1n) is 4.18. The van der Waals surface area contributed by atoms with Gasteiger partial charge in [-0.1, -0.05) is 13.8 Å². The molecule has 5 N–H and O–H groups in total. The summed E-state index contributed by atoms with van der Waals surface area (Å²) in [5.74, 6) is -0.399. The SMILES string of the molecule is CC(C)(CO)CNC(=O)C(N)CO. The van der Waals surface area contributed by atoms with Gasteiger partial charge in [0.1, 0.15) is 6.04 Å². The summed E-state index contributed by atoms with van der Waals surface area (Å²) in [5.41, 5.74) is 4.91. The van der Waals surface area contributed by atoms with Crippen LogP contribution in [0.25, 0.3) is 0 Å². The number of hydrogen-bond donors (Lipinski definition) is 4. The van der Waals surface area contributed by atoms with Gasteiger partial charge in [0.05, 0.1) is 6.61 Å². The van der Waals surface area contributed by atoms with Crippen molar-refractivity contribution in [2.24, 2.45) is 11.1 Å². The minimum absolute atomic E-state index is 0.0123. The lowest BCUT2D eigenvalue weighted by atomic mass is 9.95. The van der Waals surface area contributed by atoms with Gasteiger partial charge in [-0.2, -0.15) is 0 Å². The van der Waals surface area contributed by atoms with E-state index in [0.717, 1.165) is 0 Å². The molecule has 0 aromatic carbocycles. The third-order valence-corrected chi connectivity index (χ3v) is 1.70. The molecule has 13 heavy (non-hydrogen) atoms. The van der Waals surface area contributed by atoms with Gasteiger partial charge in [0.25, 0.3) is 0 Å². The minimum atomic E-state index is -0.880. The Morgan fingerprint density at radius 2 is 2.08 bits per heavy atom. The lowest BCUT2D eigenvalue weighted by Crippen LogP contribution is -2.46. The molecule has 0 aliphatic carbocycles. The highest BCUT2D eigenvalue weighted by Gasteiger charge is 2.19. The molecule has 0 spiro atoms. The molecule has 0 aromatic heterocycles. The summed E-state index contributed by atoms with van der Waals surface area (Å²) in [7, 11) is 0. The van der Waals surface area contributed by atoms with Gasteiger partial charge in [0, 0.05) is 18.6 Å². The van der Waals surface area contributed by atoms with Crippen LogP contribution in [0.2, 0.25) is 0 Å². The maximum absolute atomic E-state index is 11.1. The summed E-state index contributed by atoms with van der Waals surface area (Å²) in [6.45, 7) is 3.60. The van der Waals surface area contributed by atoms with E-state index in [0.29, 0.717) is 6.54 Å². The standard InChI is InChI=1S/C8H18N2O3/c1-8(2,5-12)4-10-7(13)6(9)3-11/h6,11-12H,3-5,9H2,1-2H3,(H,10,13). The molecule has 0 heterocycles. The Hall–Kier alpha value is -0.650. The van der Waals surface area contributed by atoms with Gasteiger partial charge in [0.2, 0.25) is 5.91 Å². The van der Waals surface area contributed by atoms with Crippen molar-refractivity contribution in [1.82, 2.24) is 5.32 Å². The van der Waals surface area contributed by atoms with Crippen molar-refractivity contribution < 1.29 is 15.0 Å². The highest BCUT2D eigenvalue weighted by atomic mass is 16.3. The Morgan fingerprint density at radius 3 is 2.46 bits per heavy atom. The van der Waals surface area contributed by atoms with Gasteiger partial charge < -0.3 is 21.3 Å². The van der Waals surface area contributed by atoms with Gasteiger partial charge >= 0.3 is 0 Å². The number of rotatable bonds is 5. The zero-order valence-electron chi connectivity index (χ0n) is 8.08. The predicted octanol–water partition coefficient (Wildman–Crippen LogP) is -1.56. The summed E-state index contributed by atoms with van der Waals surface area (Å²) < 4.78 is 0. The van der Waals surface area contributed by atoms with Crippen molar-refractivity contribution in [2.45, 2.75) is 19.9 Å². The second-order valence-corrected chi connectivity index (χ2v) is 3.83. The summed E-state index contributed by atoms with van der Waals surface area (Å²) in [6.07, 6.45) is 0. The van der Waals surface area contributed by atoms with Crippen LogP contribution in [0.4, 0.5) is 0 Å². The predicted molar refractivity (Wildman–Crippen MR) is 48.9 cm³/mol. The number of amides is 1. The zero-order valence-corrected chi connectivity index (χ0v) is 8.08. The maximum atomic E-state index is 11.1. The summed E-state index contributed by atoms with van der Waals surface area (Å²) >= 11 is 0. The summed E-state index contributed by atoms with van der Waals surface area (Å²) in [5, 5.41) is 20.0. The molecule has 0 rings (SSSR count). The number of nitrogens with one attached hydrogen (secondary N) is 1. The molecule has 5 nitrogen and oxygen atoms in total. The highest BCUT2D eigenvalue weighted by Crippen LogP contribution is 2.10. The number of nitrogens with two attached hydrogens (primary N) is 1. The fraction of sp³-hybridized carbons (Fsp3) is 0.875. The molecule has 1 unspecified atom stereocenters. The van der Waals surface area contributed by atoms with E-state index in [4.69, 9.17) is 15.9 Å². The van der Waals surface area contributed by atoms with E-state index in [1.165, 1.54) is 0 Å². The lowest BCUT2D eigenvalue weighted by molar-refractivity contribution is -0.123. The monoisotopic (exact) mass is 190 g/mol. The third-order valence-electron chi connectivity index (χ3n) is 1.70. The lowest BCUT2D eigenvalue weighted by Gasteiger charge is -2.22. The summed E-state index contributed by atoms with van der Waals surface area (Å²) in [4.78, 5) is 11.1. The van der Waals surface area contributed by atoms with Crippen LogP contribution in [0.1, 0.15) is 13.8 Å². The molecule has 0 radical (unpaired) electrons. The largest absolute Gasteiger partial charge is 0.396 e. The molecule has 0 aliphatic rings. The first-order chi connectivity index (χ1) is 5.93. The van der Waals surface area contributed by atoms with Gasteiger partial charge in [0.15, 0.2) is 0 Å². The van der Waals surface area contributed by atoms with E-state index in [1.54, 1.807) is 0 Å². The van der Waals surface area contributed by atoms with Crippen molar-refractivity contribution in [3.8, 4) is 0 Å². The zero-order chi connectivity index (χ0) is 10.5. The molecule has 0 saturated heterocycles. The van der Waals surface area contributed by atoms with E-state index >= 15 is 0 Å². The van der Waals surface area contributed by atoms with E-state index < -0.39 is 11.9 Å². The van der Waals surface area contributed by atoms with E-state index in [1.807, 2.05) is 13.8 Å². The molecule has 0 saturated carbocycles. The highest BCUT2D eigenvalue weighted by molar-refractivity contribution is 5.81. The average molecular weight is 190 g/mol. The molecule has 5 heteroatoms. The Balaban J connectivity index is 3.83. The second-order valence-electron chi connectivity index (χ2n) is 3.83. The van der Waals surface area contributed by atoms with Crippen molar-refractivity contribution in [3.63, 3.8) is 0 Å². The number of aliphatic hydroxyl groups excluding tert-OH is 2. The van der Waals surface area contributed by atoms with Gasteiger partial charge in [-0.3, -0.25) is 4.79 Å². The molecule has 1 atom stereocenters. The molecule has 0 aromatic rings. The third kappa shape index (κ3) is 4.82. The molecule has 0 bridgehead atoms. The fourth-order valence-corrected chi connectivity index (χ4v) is 0.596. The number of carbonyl (C=O) groups excluding carboxylic acids is 1. The normalized spacial score (nSPS) is 13.9. The van der Waals surface area contributed by atoms with Crippen LogP contribution in [-0.2, 0) is 4.79 Å². The molecule has 78 valence electrons. The number of carbonyl (C=O) groups is 1. The van der Waals surface area contributed by atoms with Crippen LogP contribution >= 0.6 is 0 Å². The smallest absolute Gasteiger partial charge is 0.239 e. The van der Waals surface area contributed by atoms with Crippen molar-refractivity contribution >= 4 is 5.91 Å². The molecule has 1 amide bonds. The molecule has 0 fully saturated rings. The minimum Gasteiger partial charge on any atom is -0.396 e. The van der Waals surface area contributed by atoms with Gasteiger partial charge in [-0.05, 0) is 0 Å². The van der Waals surface area contributed by atoms with Crippen LogP contribution in [-0.4, -0.2) is 41.9 Å². The Labute approximate surface area is 77.9 Å². The average Bonchev–Trinajstić information content (AvgIpc) is 2.13. The van der Waals surface area contributed by atoms with Crippen LogP contribution in [0.3, 0.4) is 0 Å². The summed E-state index contributed by atoms with van der Waals surface area (Å²) in [6, 6.07) is -0.880. The Bertz CT molecular complexity index is 171. The van der Waals surface area contributed by atoms with Crippen molar-refractivity contribution in [2.75, 3.05) is 19.8 Å². The van der Waals surface area contributed by atoms with E-state index in [2.05, 4.69) is 5.32 Å². The van der Waals surface area contributed by atoms with Crippen molar-refractivity contribution in [1.29, 1.82) is 0 Å². The Kier molecular flexibility index (Phi) is 4.90. The van der Waals surface area contributed by atoms with Gasteiger partial charge in [-0.15, -0.1) is 0 Å². The van der Waals surface area contributed by atoms with Crippen LogP contribution in [0.15, 0.2) is 0 Å². The number of hydrogen-bond acceptors (Lipinski definition) is 4. The fourth-order valence-electron chi connectivity index (χ4n) is 0.596. The molecular formula is C8H18N2O3. The van der Waals surface area contributed by atoms with Crippen molar-refractivity contribution in [3.05, 3.63) is 0 Å². The van der Waals surface area contributed by atoms with Crippen LogP contribution in [0.5, 0.6) is 0 Å². The van der Waals surface area contributed by atoms with Crippen LogP contribution in [0, 0.1) is 5.41 Å². The van der Waals surface area contributed by atoms with Crippen LogP contribution < -0.4 is 11.1 Å². The first kappa shape index (κ1) is 12.3. The number of aliphatic hydroxyl groups is 2. The quantitative estimate of drug-likeness (QED) is 0.421. The topological polar surface area (TPSA) is 95.6 Å². The van der Waals surface area contributed by atoms with E-state index in [9.17, 15) is 4.79 Å². The maximum Gasteiger partial charge on any atom is 0.239 e. The first-order valence-corrected chi connectivity index (χ1v) is 4.18. The second kappa shape index (κ2) is 5.16. The molecular weight excluding hydrogens is 172 g/mol. The van der Waals surface area contributed by atoms with E-state index in [-0.39, 0.29) is 18.6 Å². The molecule has 0 aliphatic heterocycles. The van der Waals surface area contributed by atoms with Gasteiger partial charge in [-0.25, -0.2) is 0 Å².